The Labute approximate surface area is 105 Å². The van der Waals surface area contributed by atoms with Crippen LogP contribution in [-0.2, 0) is 12.7 Å². The van der Waals surface area contributed by atoms with Crippen molar-refractivity contribution < 1.29 is 4.39 Å². The second kappa shape index (κ2) is 3.52. The van der Waals surface area contributed by atoms with E-state index in [2.05, 4.69) is 9.97 Å². The molecule has 17 heavy (non-hydrogen) atoms. The first kappa shape index (κ1) is 11.2. The van der Waals surface area contributed by atoms with Gasteiger partial charge in [0.15, 0.2) is 26.2 Å². The number of rotatable bonds is 2. The van der Waals surface area contributed by atoms with Crippen LogP contribution in [0.3, 0.4) is 0 Å². The predicted molar refractivity (Wildman–Crippen MR) is 66.5 cm³/mol. The molecule has 0 bridgehead atoms. The standard InChI is InChI=1S/C10H10FN3OS2/c1-14-7(15)5-6(17-9(12-5)16-2)13-8(14)10(11)3-4-10/h3-4H2,1-2H3. The van der Waals surface area contributed by atoms with E-state index in [4.69, 9.17) is 0 Å². The van der Waals surface area contributed by atoms with Gasteiger partial charge in [-0.1, -0.05) is 23.1 Å². The maximum atomic E-state index is 14.0. The molecule has 2 aromatic heterocycles. The zero-order valence-corrected chi connectivity index (χ0v) is 11.0. The van der Waals surface area contributed by atoms with E-state index in [0.29, 0.717) is 23.2 Å². The molecule has 3 rings (SSSR count). The van der Waals surface area contributed by atoms with Crippen molar-refractivity contribution in [3.8, 4) is 0 Å². The molecule has 0 radical (unpaired) electrons. The van der Waals surface area contributed by atoms with Gasteiger partial charge in [-0.3, -0.25) is 9.36 Å². The van der Waals surface area contributed by atoms with Crippen LogP contribution in [0.15, 0.2) is 9.13 Å². The molecule has 0 aromatic carbocycles. The van der Waals surface area contributed by atoms with Gasteiger partial charge < -0.3 is 0 Å². The molecule has 1 aliphatic carbocycles. The summed E-state index contributed by atoms with van der Waals surface area (Å²) >= 11 is 2.80. The molecule has 2 aromatic rings. The summed E-state index contributed by atoms with van der Waals surface area (Å²) in [5.74, 6) is 0.242. The highest BCUT2D eigenvalue weighted by molar-refractivity contribution is 8.00. The van der Waals surface area contributed by atoms with E-state index < -0.39 is 5.67 Å². The summed E-state index contributed by atoms with van der Waals surface area (Å²) in [5.41, 5.74) is -1.31. The Hall–Kier alpha value is -0.950. The Kier molecular flexibility index (Phi) is 2.31. The van der Waals surface area contributed by atoms with E-state index >= 15 is 0 Å². The highest BCUT2D eigenvalue weighted by Gasteiger charge is 2.48. The van der Waals surface area contributed by atoms with Crippen LogP contribution in [0.2, 0.25) is 0 Å². The Morgan fingerprint density at radius 2 is 2.18 bits per heavy atom. The van der Waals surface area contributed by atoms with Crippen LogP contribution in [0.1, 0.15) is 18.7 Å². The van der Waals surface area contributed by atoms with E-state index in [1.54, 1.807) is 7.05 Å². The van der Waals surface area contributed by atoms with Crippen molar-refractivity contribution in [3.05, 3.63) is 16.2 Å². The van der Waals surface area contributed by atoms with Gasteiger partial charge in [0.25, 0.3) is 5.56 Å². The minimum absolute atomic E-state index is 0.242. The van der Waals surface area contributed by atoms with Crippen LogP contribution < -0.4 is 5.56 Å². The molecule has 0 N–H and O–H groups in total. The van der Waals surface area contributed by atoms with Gasteiger partial charge in [0.05, 0.1) is 0 Å². The van der Waals surface area contributed by atoms with Gasteiger partial charge in [0.1, 0.15) is 0 Å². The maximum Gasteiger partial charge on any atom is 0.280 e. The van der Waals surface area contributed by atoms with Crippen molar-refractivity contribution in [2.75, 3.05) is 6.26 Å². The monoisotopic (exact) mass is 271 g/mol. The summed E-state index contributed by atoms with van der Waals surface area (Å²) in [7, 11) is 1.56. The van der Waals surface area contributed by atoms with Crippen LogP contribution in [-0.4, -0.2) is 20.8 Å². The minimum atomic E-state index is -1.40. The predicted octanol–water partition coefficient (Wildman–Crippen LogP) is 2.07. The van der Waals surface area contributed by atoms with Crippen molar-refractivity contribution >= 4 is 33.4 Å². The molecule has 0 aliphatic heterocycles. The van der Waals surface area contributed by atoms with Crippen LogP contribution in [0, 0.1) is 0 Å². The molecule has 1 aliphatic rings. The molecule has 0 atom stereocenters. The molecule has 2 heterocycles. The number of thioether (sulfide) groups is 1. The SMILES string of the molecule is CSc1nc2c(=O)n(C)c(C3(F)CC3)nc2s1. The van der Waals surface area contributed by atoms with Gasteiger partial charge >= 0.3 is 0 Å². The zero-order valence-electron chi connectivity index (χ0n) is 9.36. The lowest BCUT2D eigenvalue weighted by Crippen LogP contribution is -2.25. The molecule has 90 valence electrons. The number of hydrogen-bond acceptors (Lipinski definition) is 5. The van der Waals surface area contributed by atoms with E-state index in [1.165, 1.54) is 27.7 Å². The first-order valence-electron chi connectivity index (χ1n) is 5.16. The molecule has 7 heteroatoms. The lowest BCUT2D eigenvalue weighted by Gasteiger charge is -2.09. The summed E-state index contributed by atoms with van der Waals surface area (Å²) in [6, 6.07) is 0. The molecule has 0 spiro atoms. The van der Waals surface area contributed by atoms with Gasteiger partial charge in [-0.2, -0.15) is 0 Å². The summed E-state index contributed by atoms with van der Waals surface area (Å²) < 4.78 is 16.1. The molecule has 1 saturated carbocycles. The largest absolute Gasteiger partial charge is 0.295 e. The number of aromatic nitrogens is 3. The third-order valence-electron chi connectivity index (χ3n) is 2.89. The van der Waals surface area contributed by atoms with E-state index in [0.717, 1.165) is 4.34 Å². The maximum absolute atomic E-state index is 14.0. The van der Waals surface area contributed by atoms with Gasteiger partial charge in [0.2, 0.25) is 0 Å². The molecule has 0 amide bonds. The first-order valence-corrected chi connectivity index (χ1v) is 7.20. The number of fused-ring (bicyclic) bond motifs is 1. The highest BCUT2D eigenvalue weighted by atomic mass is 32.2. The smallest absolute Gasteiger partial charge is 0.280 e. The Morgan fingerprint density at radius 3 is 2.76 bits per heavy atom. The van der Waals surface area contributed by atoms with Crippen molar-refractivity contribution in [3.63, 3.8) is 0 Å². The van der Waals surface area contributed by atoms with Crippen LogP contribution in [0.4, 0.5) is 4.39 Å². The fourth-order valence-corrected chi connectivity index (χ4v) is 3.17. The second-order valence-corrected chi connectivity index (χ2v) is 6.13. The van der Waals surface area contributed by atoms with Crippen LogP contribution in [0.5, 0.6) is 0 Å². The van der Waals surface area contributed by atoms with Crippen LogP contribution >= 0.6 is 23.1 Å². The van der Waals surface area contributed by atoms with Gasteiger partial charge in [0, 0.05) is 7.05 Å². The summed E-state index contributed by atoms with van der Waals surface area (Å²) in [4.78, 5) is 21.0. The zero-order chi connectivity index (χ0) is 12.2. The van der Waals surface area contributed by atoms with Crippen molar-refractivity contribution in [1.29, 1.82) is 0 Å². The van der Waals surface area contributed by atoms with Gasteiger partial charge in [-0.15, -0.1) is 0 Å². The average molecular weight is 271 g/mol. The lowest BCUT2D eigenvalue weighted by atomic mass is 10.3. The molecular formula is C10H10FN3OS2. The topological polar surface area (TPSA) is 47.8 Å². The van der Waals surface area contributed by atoms with E-state index in [-0.39, 0.29) is 11.4 Å². The van der Waals surface area contributed by atoms with Crippen molar-refractivity contribution in [2.45, 2.75) is 22.9 Å². The van der Waals surface area contributed by atoms with Crippen LogP contribution in [0.25, 0.3) is 10.3 Å². The number of thiazole rings is 1. The Balaban J connectivity index is 2.32. The third kappa shape index (κ3) is 1.60. The molecule has 0 saturated heterocycles. The Morgan fingerprint density at radius 1 is 1.47 bits per heavy atom. The third-order valence-corrected chi connectivity index (χ3v) is 4.82. The van der Waals surface area contributed by atoms with E-state index in [1.807, 2.05) is 6.26 Å². The fourth-order valence-electron chi connectivity index (χ4n) is 1.76. The van der Waals surface area contributed by atoms with Crippen molar-refractivity contribution in [1.82, 2.24) is 14.5 Å². The first-order chi connectivity index (χ1) is 8.05. The molecular weight excluding hydrogens is 261 g/mol. The fraction of sp³-hybridized carbons (Fsp3) is 0.500. The number of hydrogen-bond donors (Lipinski definition) is 0. The summed E-state index contributed by atoms with van der Waals surface area (Å²) in [6.45, 7) is 0. The van der Waals surface area contributed by atoms with E-state index in [9.17, 15) is 9.18 Å². The quantitative estimate of drug-likeness (QED) is 0.785. The minimum Gasteiger partial charge on any atom is -0.295 e. The highest BCUT2D eigenvalue weighted by Crippen LogP contribution is 2.48. The summed E-state index contributed by atoms with van der Waals surface area (Å²) in [5, 5.41) is 0. The lowest BCUT2D eigenvalue weighted by molar-refractivity contribution is 0.290. The summed E-state index contributed by atoms with van der Waals surface area (Å²) in [6.07, 6.45) is 2.79. The second-order valence-electron chi connectivity index (χ2n) is 4.10. The molecule has 1 fully saturated rings. The molecule has 0 unspecified atom stereocenters. The van der Waals surface area contributed by atoms with Gasteiger partial charge in [-0.05, 0) is 19.1 Å². The van der Waals surface area contributed by atoms with Crippen molar-refractivity contribution in [2.24, 2.45) is 7.05 Å². The number of halogens is 1. The normalized spacial score (nSPS) is 17.6. The number of alkyl halides is 1. The number of nitrogens with zero attached hydrogens (tertiary/aromatic N) is 3. The average Bonchev–Trinajstić information content (AvgIpc) is 2.92. The van der Waals surface area contributed by atoms with Gasteiger partial charge in [-0.25, -0.2) is 14.4 Å². The molecule has 4 nitrogen and oxygen atoms in total. The Bertz CT molecular complexity index is 659.